The van der Waals surface area contributed by atoms with Crippen molar-refractivity contribution >= 4 is 40.9 Å². The summed E-state index contributed by atoms with van der Waals surface area (Å²) in [5.74, 6) is 1.09. The van der Waals surface area contributed by atoms with Gasteiger partial charge in [0.2, 0.25) is 5.91 Å². The number of amides is 1. The van der Waals surface area contributed by atoms with E-state index in [9.17, 15) is 4.79 Å². The van der Waals surface area contributed by atoms with Gasteiger partial charge in [-0.1, -0.05) is 78.6 Å². The van der Waals surface area contributed by atoms with Crippen LogP contribution in [0.25, 0.3) is 17.1 Å². The molecule has 0 aliphatic heterocycles. The lowest BCUT2D eigenvalue weighted by Gasteiger charge is -2.21. The maximum Gasteiger partial charge on any atom is 0.233 e. The van der Waals surface area contributed by atoms with Crippen LogP contribution in [0.5, 0.6) is 0 Å². The second-order valence-electron chi connectivity index (χ2n) is 7.28. The second-order valence-corrected chi connectivity index (χ2v) is 9.03. The SMILES string of the molecule is CCCN(CCC)C(=O)CSc1nnc(-c2ccc(C)cc2)n1-c1ccc(Cl)c(Cl)c1. The first kappa shape index (κ1) is 23.6. The maximum absolute atomic E-state index is 12.8. The first-order valence-corrected chi connectivity index (χ1v) is 12.1. The van der Waals surface area contributed by atoms with Crippen LogP contribution < -0.4 is 0 Å². The van der Waals surface area contributed by atoms with Gasteiger partial charge < -0.3 is 4.90 Å². The Morgan fingerprint density at radius 2 is 1.68 bits per heavy atom. The van der Waals surface area contributed by atoms with Crippen molar-refractivity contribution in [3.05, 3.63) is 58.1 Å². The minimum absolute atomic E-state index is 0.106. The quantitative estimate of drug-likeness (QED) is 0.340. The topological polar surface area (TPSA) is 51.0 Å². The molecule has 2 aromatic carbocycles. The average Bonchev–Trinajstić information content (AvgIpc) is 3.18. The number of halogens is 2. The molecule has 5 nitrogen and oxygen atoms in total. The molecule has 0 saturated heterocycles. The average molecular weight is 477 g/mol. The highest BCUT2D eigenvalue weighted by atomic mass is 35.5. The molecule has 0 N–H and O–H groups in total. The predicted molar refractivity (Wildman–Crippen MR) is 129 cm³/mol. The summed E-state index contributed by atoms with van der Waals surface area (Å²) in [6.07, 6.45) is 1.88. The summed E-state index contributed by atoms with van der Waals surface area (Å²) < 4.78 is 1.93. The van der Waals surface area contributed by atoms with Crippen molar-refractivity contribution < 1.29 is 4.79 Å². The van der Waals surface area contributed by atoms with E-state index in [1.165, 1.54) is 11.8 Å². The molecule has 31 heavy (non-hydrogen) atoms. The Morgan fingerprint density at radius 3 is 2.29 bits per heavy atom. The van der Waals surface area contributed by atoms with Crippen LogP contribution in [0.15, 0.2) is 47.6 Å². The molecule has 0 bridgehead atoms. The minimum Gasteiger partial charge on any atom is -0.342 e. The Morgan fingerprint density at radius 1 is 1.00 bits per heavy atom. The fraction of sp³-hybridized carbons (Fsp3) is 0.348. The summed E-state index contributed by atoms with van der Waals surface area (Å²) in [6.45, 7) is 7.73. The molecule has 1 amide bonds. The minimum atomic E-state index is 0.106. The third-order valence-corrected chi connectivity index (χ3v) is 6.42. The molecule has 8 heteroatoms. The third kappa shape index (κ3) is 5.82. The number of rotatable bonds is 9. The summed E-state index contributed by atoms with van der Waals surface area (Å²) in [7, 11) is 0. The molecule has 0 fully saturated rings. The van der Waals surface area contributed by atoms with Gasteiger partial charge in [-0.3, -0.25) is 9.36 Å². The lowest BCUT2D eigenvalue weighted by molar-refractivity contribution is -0.128. The van der Waals surface area contributed by atoms with Crippen molar-refractivity contribution in [2.24, 2.45) is 0 Å². The van der Waals surface area contributed by atoms with Gasteiger partial charge in [0, 0.05) is 18.7 Å². The lowest BCUT2D eigenvalue weighted by atomic mass is 10.1. The number of carbonyl (C=O) groups is 1. The lowest BCUT2D eigenvalue weighted by Crippen LogP contribution is -2.33. The highest BCUT2D eigenvalue weighted by molar-refractivity contribution is 7.99. The smallest absolute Gasteiger partial charge is 0.233 e. The largest absolute Gasteiger partial charge is 0.342 e. The third-order valence-electron chi connectivity index (χ3n) is 4.77. The number of nitrogens with zero attached hydrogens (tertiary/aromatic N) is 4. The van der Waals surface area contributed by atoms with Gasteiger partial charge in [-0.15, -0.1) is 10.2 Å². The van der Waals surface area contributed by atoms with Gasteiger partial charge in [-0.05, 0) is 38.0 Å². The van der Waals surface area contributed by atoms with Gasteiger partial charge in [0.1, 0.15) is 0 Å². The molecule has 0 radical (unpaired) electrons. The Hall–Kier alpha value is -2.02. The Labute approximate surface area is 197 Å². The molecule has 164 valence electrons. The molecule has 0 aliphatic rings. The number of aromatic nitrogens is 3. The zero-order chi connectivity index (χ0) is 22.4. The molecule has 0 aliphatic carbocycles. The number of hydrogen-bond donors (Lipinski definition) is 0. The van der Waals surface area contributed by atoms with E-state index in [2.05, 4.69) is 24.0 Å². The summed E-state index contributed by atoms with van der Waals surface area (Å²) in [4.78, 5) is 14.7. The normalized spacial score (nSPS) is 11.0. The van der Waals surface area contributed by atoms with Crippen LogP contribution in [0.1, 0.15) is 32.3 Å². The Balaban J connectivity index is 1.95. The second kappa shape index (κ2) is 11.0. The molecule has 3 rings (SSSR count). The van der Waals surface area contributed by atoms with Crippen molar-refractivity contribution in [1.29, 1.82) is 0 Å². The number of carbonyl (C=O) groups excluding carboxylic acids is 1. The molecule has 1 heterocycles. The molecule has 0 atom stereocenters. The van der Waals surface area contributed by atoms with Gasteiger partial charge in [0.05, 0.1) is 21.5 Å². The van der Waals surface area contributed by atoms with E-state index in [0.29, 0.717) is 26.8 Å². The fourth-order valence-electron chi connectivity index (χ4n) is 3.23. The summed E-state index contributed by atoms with van der Waals surface area (Å²) in [5, 5.41) is 10.4. The maximum atomic E-state index is 12.8. The van der Waals surface area contributed by atoms with Crippen LogP contribution >= 0.6 is 35.0 Å². The van der Waals surface area contributed by atoms with E-state index in [1.807, 2.05) is 46.7 Å². The van der Waals surface area contributed by atoms with Crippen molar-refractivity contribution in [2.45, 2.75) is 38.8 Å². The molecule has 0 unspecified atom stereocenters. The van der Waals surface area contributed by atoms with E-state index >= 15 is 0 Å². The van der Waals surface area contributed by atoms with Gasteiger partial charge in [0.15, 0.2) is 11.0 Å². The van der Waals surface area contributed by atoms with E-state index in [1.54, 1.807) is 12.1 Å². The summed E-state index contributed by atoms with van der Waals surface area (Å²) in [5.41, 5.74) is 2.89. The summed E-state index contributed by atoms with van der Waals surface area (Å²) >= 11 is 13.8. The van der Waals surface area contributed by atoms with E-state index in [-0.39, 0.29) is 5.91 Å². The van der Waals surface area contributed by atoms with E-state index in [4.69, 9.17) is 23.2 Å². The molecule has 0 saturated carbocycles. The number of thioether (sulfide) groups is 1. The van der Waals surface area contributed by atoms with Crippen molar-refractivity contribution in [1.82, 2.24) is 19.7 Å². The van der Waals surface area contributed by atoms with Crippen LogP contribution in [0.3, 0.4) is 0 Å². The molecular weight excluding hydrogens is 451 g/mol. The number of aryl methyl sites for hydroxylation is 1. The van der Waals surface area contributed by atoms with E-state index < -0.39 is 0 Å². The Kier molecular flexibility index (Phi) is 8.41. The monoisotopic (exact) mass is 476 g/mol. The zero-order valence-electron chi connectivity index (χ0n) is 17.9. The molecule has 3 aromatic rings. The van der Waals surface area contributed by atoms with Gasteiger partial charge in [0.25, 0.3) is 0 Å². The van der Waals surface area contributed by atoms with Crippen LogP contribution in [-0.2, 0) is 4.79 Å². The first-order chi connectivity index (χ1) is 14.9. The van der Waals surface area contributed by atoms with Gasteiger partial charge in [-0.25, -0.2) is 0 Å². The van der Waals surface area contributed by atoms with Crippen molar-refractivity contribution in [3.63, 3.8) is 0 Å². The highest BCUT2D eigenvalue weighted by Crippen LogP contribution is 2.31. The van der Waals surface area contributed by atoms with Crippen LogP contribution in [0, 0.1) is 6.92 Å². The fourth-order valence-corrected chi connectivity index (χ4v) is 4.38. The van der Waals surface area contributed by atoms with Crippen molar-refractivity contribution in [3.8, 4) is 17.1 Å². The zero-order valence-corrected chi connectivity index (χ0v) is 20.3. The number of hydrogen-bond acceptors (Lipinski definition) is 4. The van der Waals surface area contributed by atoms with Crippen LogP contribution in [-0.4, -0.2) is 44.4 Å². The van der Waals surface area contributed by atoms with Crippen LogP contribution in [0.2, 0.25) is 10.0 Å². The van der Waals surface area contributed by atoms with E-state index in [0.717, 1.165) is 42.7 Å². The molecular formula is C23H26Cl2N4OS. The molecule has 1 aromatic heterocycles. The molecule has 0 spiro atoms. The highest BCUT2D eigenvalue weighted by Gasteiger charge is 2.19. The first-order valence-electron chi connectivity index (χ1n) is 10.3. The van der Waals surface area contributed by atoms with Crippen molar-refractivity contribution in [2.75, 3.05) is 18.8 Å². The van der Waals surface area contributed by atoms with Gasteiger partial charge >= 0.3 is 0 Å². The summed E-state index contributed by atoms with van der Waals surface area (Å²) in [6, 6.07) is 13.5. The predicted octanol–water partition coefficient (Wildman–Crippen LogP) is 6.29. The Bertz CT molecular complexity index is 1030. The standard InChI is InChI=1S/C23H26Cl2N4OS/c1-4-12-28(13-5-2)21(30)15-31-23-27-26-22(17-8-6-16(3)7-9-17)29(23)18-10-11-19(24)20(25)14-18/h6-11,14H,4-5,12-13,15H2,1-3H3. The number of benzene rings is 2. The van der Waals surface area contributed by atoms with Gasteiger partial charge in [-0.2, -0.15) is 0 Å². The van der Waals surface area contributed by atoms with Crippen LogP contribution in [0.4, 0.5) is 0 Å².